The van der Waals surface area contributed by atoms with Gasteiger partial charge < -0.3 is 9.88 Å². The summed E-state index contributed by atoms with van der Waals surface area (Å²) in [5.74, 6) is 0.654. The predicted octanol–water partition coefficient (Wildman–Crippen LogP) is 1.99. The Labute approximate surface area is 157 Å². The Morgan fingerprint density at radius 3 is 2.78 bits per heavy atom. The number of hydrogen-bond donors (Lipinski definition) is 1. The number of nitrogens with zero attached hydrogens (tertiary/aromatic N) is 4. The molecule has 4 rings (SSSR count). The van der Waals surface area contributed by atoms with Crippen LogP contribution in [0, 0.1) is 5.92 Å². The van der Waals surface area contributed by atoms with Gasteiger partial charge in [0, 0.05) is 44.9 Å². The Morgan fingerprint density at radius 2 is 2.00 bits per heavy atom. The van der Waals surface area contributed by atoms with Crippen molar-refractivity contribution in [3.8, 4) is 0 Å². The van der Waals surface area contributed by atoms with Gasteiger partial charge in [-0.15, -0.1) is 0 Å². The van der Waals surface area contributed by atoms with Crippen molar-refractivity contribution in [2.45, 2.75) is 32.2 Å². The fourth-order valence-corrected chi connectivity index (χ4v) is 3.66. The van der Waals surface area contributed by atoms with Crippen molar-refractivity contribution in [2.75, 3.05) is 13.1 Å². The van der Waals surface area contributed by atoms with Crippen molar-refractivity contribution in [2.24, 2.45) is 5.92 Å². The molecule has 0 atom stereocenters. The number of likely N-dealkylation sites (tertiary alicyclic amines) is 1. The normalized spacial score (nSPS) is 15.3. The van der Waals surface area contributed by atoms with Crippen LogP contribution in [-0.2, 0) is 17.8 Å². The molecule has 0 unspecified atom stereocenters. The van der Waals surface area contributed by atoms with E-state index in [1.165, 1.54) is 0 Å². The molecule has 0 radical (unpaired) electrons. The van der Waals surface area contributed by atoms with Gasteiger partial charge in [0.15, 0.2) is 0 Å². The Bertz CT molecular complexity index is 971. The number of benzene rings is 1. The van der Waals surface area contributed by atoms with E-state index in [9.17, 15) is 9.59 Å². The van der Waals surface area contributed by atoms with Crippen molar-refractivity contribution in [1.29, 1.82) is 0 Å². The number of para-hydroxylation sites is 2. The summed E-state index contributed by atoms with van der Waals surface area (Å²) < 4.78 is 1.96. The number of H-pyrrole nitrogens is 1. The molecule has 1 aliphatic heterocycles. The van der Waals surface area contributed by atoms with Gasteiger partial charge in [0.05, 0.1) is 11.0 Å². The van der Waals surface area contributed by atoms with Crippen LogP contribution in [0.2, 0.25) is 0 Å². The molecule has 3 heterocycles. The van der Waals surface area contributed by atoms with E-state index in [2.05, 4.69) is 15.1 Å². The topological polar surface area (TPSA) is 83.9 Å². The van der Waals surface area contributed by atoms with E-state index in [0.29, 0.717) is 24.5 Å². The summed E-state index contributed by atoms with van der Waals surface area (Å²) in [5.41, 5.74) is 1.69. The number of nitrogens with one attached hydrogen (secondary N) is 1. The summed E-state index contributed by atoms with van der Waals surface area (Å²) in [6.45, 7) is 2.45. The second kappa shape index (κ2) is 7.73. The third-order valence-electron chi connectivity index (χ3n) is 5.22. The van der Waals surface area contributed by atoms with Crippen LogP contribution in [0.1, 0.15) is 25.0 Å². The van der Waals surface area contributed by atoms with Gasteiger partial charge in [0.1, 0.15) is 5.69 Å². The van der Waals surface area contributed by atoms with Crippen molar-refractivity contribution in [1.82, 2.24) is 24.6 Å². The molecule has 1 fully saturated rings. The minimum atomic E-state index is -0.209. The summed E-state index contributed by atoms with van der Waals surface area (Å²) in [6.07, 6.45) is 6.43. The second-order valence-electron chi connectivity index (χ2n) is 7.08. The molecule has 1 amide bonds. The largest absolute Gasteiger partial charge is 0.343 e. The van der Waals surface area contributed by atoms with E-state index in [4.69, 9.17) is 0 Å². The Kier molecular flexibility index (Phi) is 5.00. The molecule has 140 valence electrons. The zero-order valence-electron chi connectivity index (χ0n) is 15.2. The molecule has 1 aliphatic rings. The zero-order chi connectivity index (χ0) is 18.6. The molecule has 0 bridgehead atoms. The molecule has 2 aromatic heterocycles. The molecule has 0 spiro atoms. The number of piperidine rings is 1. The van der Waals surface area contributed by atoms with Gasteiger partial charge in [0.2, 0.25) is 5.91 Å². The van der Waals surface area contributed by atoms with Crippen molar-refractivity contribution >= 4 is 16.9 Å². The van der Waals surface area contributed by atoms with Crippen molar-refractivity contribution in [3.05, 3.63) is 58.8 Å². The molecular weight excluding hydrogens is 342 g/mol. The summed E-state index contributed by atoms with van der Waals surface area (Å²) in [5, 5.41) is 4.25. The van der Waals surface area contributed by atoms with Crippen LogP contribution >= 0.6 is 0 Å². The lowest BCUT2D eigenvalue weighted by molar-refractivity contribution is -0.132. The smallest absolute Gasteiger partial charge is 0.270 e. The molecule has 7 nitrogen and oxygen atoms in total. The van der Waals surface area contributed by atoms with E-state index < -0.39 is 0 Å². The monoisotopic (exact) mass is 365 g/mol. The zero-order valence-corrected chi connectivity index (χ0v) is 15.2. The lowest BCUT2D eigenvalue weighted by Gasteiger charge is -2.32. The first-order valence-electron chi connectivity index (χ1n) is 9.42. The maximum absolute atomic E-state index is 12.5. The molecule has 3 aromatic rings. The highest BCUT2D eigenvalue weighted by Crippen LogP contribution is 2.19. The van der Waals surface area contributed by atoms with Gasteiger partial charge in [-0.25, -0.2) is 4.98 Å². The summed E-state index contributed by atoms with van der Waals surface area (Å²) in [4.78, 5) is 33.9. The average molecular weight is 365 g/mol. The summed E-state index contributed by atoms with van der Waals surface area (Å²) in [6, 6.07) is 9.36. The molecule has 27 heavy (non-hydrogen) atoms. The first-order chi connectivity index (χ1) is 13.2. The highest BCUT2D eigenvalue weighted by molar-refractivity contribution is 5.77. The third kappa shape index (κ3) is 4.07. The quantitative estimate of drug-likeness (QED) is 0.749. The summed E-state index contributed by atoms with van der Waals surface area (Å²) >= 11 is 0. The number of aromatic nitrogens is 4. The van der Waals surface area contributed by atoms with Crippen LogP contribution in [0.3, 0.4) is 0 Å². The van der Waals surface area contributed by atoms with E-state index in [1.54, 1.807) is 6.20 Å². The Hall–Kier alpha value is -2.96. The average Bonchev–Trinajstić information content (AvgIpc) is 3.19. The molecule has 1 N–H and O–H groups in total. The van der Waals surface area contributed by atoms with Gasteiger partial charge in [-0.1, -0.05) is 12.1 Å². The fraction of sp³-hybridized carbons (Fsp3) is 0.400. The maximum atomic E-state index is 12.5. The van der Waals surface area contributed by atoms with Gasteiger partial charge in [0.25, 0.3) is 5.56 Å². The minimum Gasteiger partial charge on any atom is -0.343 e. The standard InChI is InChI=1S/C20H23N5O2/c26-19(24-12-8-15(9-13-24)14-25-11-3-10-21-25)7-6-18-20(27)23-17-5-2-1-4-16(17)22-18/h1-5,10-11,15H,6-9,12-14H2,(H,23,27). The van der Waals surface area contributed by atoms with E-state index in [0.717, 1.165) is 43.5 Å². The van der Waals surface area contributed by atoms with Crippen LogP contribution in [0.5, 0.6) is 0 Å². The molecule has 0 saturated carbocycles. The van der Waals surface area contributed by atoms with Gasteiger partial charge in [-0.3, -0.25) is 14.3 Å². The van der Waals surface area contributed by atoms with E-state index >= 15 is 0 Å². The van der Waals surface area contributed by atoms with Crippen LogP contribution in [0.25, 0.3) is 11.0 Å². The van der Waals surface area contributed by atoms with Crippen LogP contribution in [0.15, 0.2) is 47.5 Å². The number of carbonyl (C=O) groups excluding carboxylic acids is 1. The van der Waals surface area contributed by atoms with Crippen LogP contribution < -0.4 is 5.56 Å². The summed E-state index contributed by atoms with van der Waals surface area (Å²) in [7, 11) is 0. The first-order valence-corrected chi connectivity index (χ1v) is 9.42. The van der Waals surface area contributed by atoms with Crippen LogP contribution in [-0.4, -0.2) is 43.6 Å². The highest BCUT2D eigenvalue weighted by atomic mass is 16.2. The number of aromatic amines is 1. The van der Waals surface area contributed by atoms with Gasteiger partial charge >= 0.3 is 0 Å². The molecule has 0 aliphatic carbocycles. The first kappa shape index (κ1) is 17.5. The predicted molar refractivity (Wildman–Crippen MR) is 102 cm³/mol. The number of amides is 1. The minimum absolute atomic E-state index is 0.0990. The van der Waals surface area contributed by atoms with E-state index in [1.807, 2.05) is 46.1 Å². The van der Waals surface area contributed by atoms with Gasteiger partial charge in [-0.2, -0.15) is 5.10 Å². The number of rotatable bonds is 5. The van der Waals surface area contributed by atoms with Gasteiger partial charge in [-0.05, 0) is 37.0 Å². The van der Waals surface area contributed by atoms with E-state index in [-0.39, 0.29) is 11.5 Å². The second-order valence-corrected chi connectivity index (χ2v) is 7.08. The highest BCUT2D eigenvalue weighted by Gasteiger charge is 2.23. The molecular formula is C20H23N5O2. The Morgan fingerprint density at radius 1 is 1.19 bits per heavy atom. The molecule has 1 aromatic carbocycles. The van der Waals surface area contributed by atoms with Crippen molar-refractivity contribution < 1.29 is 4.79 Å². The number of aryl methyl sites for hydroxylation is 1. The number of hydrogen-bond acceptors (Lipinski definition) is 4. The fourth-order valence-electron chi connectivity index (χ4n) is 3.66. The number of fused-ring (bicyclic) bond motifs is 1. The maximum Gasteiger partial charge on any atom is 0.270 e. The SMILES string of the molecule is O=C(CCc1nc2ccccc2[nH]c1=O)N1CCC(Cn2cccn2)CC1. The van der Waals surface area contributed by atoms with Crippen molar-refractivity contribution in [3.63, 3.8) is 0 Å². The number of carbonyl (C=O) groups is 1. The third-order valence-corrected chi connectivity index (χ3v) is 5.22. The lowest BCUT2D eigenvalue weighted by Crippen LogP contribution is -2.39. The lowest BCUT2D eigenvalue weighted by atomic mass is 9.96. The molecule has 1 saturated heterocycles. The van der Waals surface area contributed by atoms with Crippen LogP contribution in [0.4, 0.5) is 0 Å². The Balaban J connectivity index is 1.31. The molecule has 7 heteroatoms.